The van der Waals surface area contributed by atoms with E-state index in [0.29, 0.717) is 5.92 Å². The van der Waals surface area contributed by atoms with Gasteiger partial charge in [0.25, 0.3) is 0 Å². The first-order chi connectivity index (χ1) is 5.77. The van der Waals surface area contributed by atoms with E-state index >= 15 is 0 Å². The van der Waals surface area contributed by atoms with Gasteiger partial charge in [-0.15, -0.1) is 40.6 Å². The Kier molecular flexibility index (Phi) is 10.2. The number of benzene rings is 1. The van der Waals surface area contributed by atoms with E-state index in [-0.39, 0.29) is 73.8 Å². The van der Waals surface area contributed by atoms with Gasteiger partial charge in [0, 0.05) is 25.8 Å². The van der Waals surface area contributed by atoms with E-state index in [4.69, 9.17) is 0 Å². The van der Waals surface area contributed by atoms with Crippen LogP contribution in [0, 0.1) is 0 Å². The zero-order valence-electron chi connectivity index (χ0n) is 8.80. The summed E-state index contributed by atoms with van der Waals surface area (Å²) in [5, 5.41) is 2.72. The van der Waals surface area contributed by atoms with Crippen LogP contribution in [0.1, 0.15) is 25.3 Å². The molecular weight excluding hydrogens is 576 g/mol. The monoisotopic (exact) mass is 591 g/mol. The van der Waals surface area contributed by atoms with Crippen LogP contribution in [0.3, 0.4) is 0 Å². The van der Waals surface area contributed by atoms with Crippen molar-refractivity contribution in [1.82, 2.24) is 0 Å². The summed E-state index contributed by atoms with van der Waals surface area (Å²) in [6.07, 6.45) is 0. The third kappa shape index (κ3) is 4.50. The Labute approximate surface area is 144 Å². The van der Waals surface area contributed by atoms with Gasteiger partial charge in [0.1, 0.15) is 0 Å². The molecule has 2 aromatic rings. The molecule has 0 nitrogen and oxygen atoms in total. The van der Waals surface area contributed by atoms with Crippen molar-refractivity contribution in [3.63, 3.8) is 0 Å². The molecule has 2 rings (SSSR count). The number of hydrogen-bond acceptors (Lipinski definition) is 0. The molecule has 82 valence electrons. The summed E-state index contributed by atoms with van der Waals surface area (Å²) in [6.45, 7) is 4.46. The smallest absolute Gasteiger partial charge is 0 e. The van der Waals surface area contributed by atoms with Gasteiger partial charge in [-0.2, -0.15) is 6.07 Å². The van der Waals surface area contributed by atoms with Crippen molar-refractivity contribution < 1.29 is 73.8 Å². The van der Waals surface area contributed by atoms with Crippen LogP contribution in [0.2, 0.25) is 0 Å². The second-order valence-electron chi connectivity index (χ2n) is 3.57. The molecule has 3 heteroatoms. The third-order valence-electron chi connectivity index (χ3n) is 2.31. The van der Waals surface area contributed by atoms with Crippen molar-refractivity contribution in [2.75, 3.05) is 0 Å². The van der Waals surface area contributed by atoms with Crippen molar-refractivity contribution in [2.45, 2.75) is 19.8 Å². The summed E-state index contributed by atoms with van der Waals surface area (Å²) in [5.74, 6) is 0.636. The Morgan fingerprint density at radius 1 is 1.07 bits per heavy atom. The Morgan fingerprint density at radius 2 is 1.67 bits per heavy atom. The van der Waals surface area contributed by atoms with Crippen LogP contribution in [-0.4, -0.2) is 0 Å². The average Bonchev–Trinajstić information content (AvgIpc) is 2.46. The summed E-state index contributed by atoms with van der Waals surface area (Å²) in [5.41, 5.74) is 1.44. The minimum absolute atomic E-state index is 0. The molecule has 0 atom stereocenters. The van der Waals surface area contributed by atoms with E-state index < -0.39 is 0 Å². The Morgan fingerprint density at radius 3 is 2.20 bits per heavy atom. The minimum Gasteiger partial charge on any atom is -1.00 e. The molecule has 0 saturated carbocycles. The first-order valence-corrected chi connectivity index (χ1v) is 4.43. The van der Waals surface area contributed by atoms with Gasteiger partial charge in [-0.1, -0.05) is 19.9 Å². The number of rotatable bonds is 1. The van der Waals surface area contributed by atoms with Gasteiger partial charge >= 0.3 is 0 Å². The average molecular weight is 590 g/mol. The molecule has 15 heavy (non-hydrogen) atoms. The fraction of sp³-hybridized carbons (Fsp3) is 0.250. The molecule has 0 fully saturated rings. The summed E-state index contributed by atoms with van der Waals surface area (Å²) >= 11 is 0. The summed E-state index contributed by atoms with van der Waals surface area (Å²) in [4.78, 5) is 0. The van der Waals surface area contributed by atoms with Crippen molar-refractivity contribution in [3.8, 4) is 0 Å². The molecule has 0 bridgehead atoms. The fourth-order valence-corrected chi connectivity index (χ4v) is 1.51. The zero-order valence-corrected chi connectivity index (χ0v) is 16.7. The third-order valence-corrected chi connectivity index (χ3v) is 2.31. The van der Waals surface area contributed by atoms with E-state index in [9.17, 15) is 0 Å². The van der Waals surface area contributed by atoms with E-state index in [1.807, 2.05) is 0 Å². The summed E-state index contributed by atoms with van der Waals surface area (Å²) < 4.78 is 0. The number of halogens is 2. The van der Waals surface area contributed by atoms with Gasteiger partial charge < -0.3 is 48.0 Å². The maximum absolute atomic E-state index is 2.28. The second kappa shape index (κ2) is 8.28. The topological polar surface area (TPSA) is 0 Å². The number of fused-ring (bicyclic) bond motifs is 1. The molecule has 0 aromatic heterocycles. The van der Waals surface area contributed by atoms with E-state index in [1.54, 1.807) is 0 Å². The van der Waals surface area contributed by atoms with Crippen LogP contribution >= 0.6 is 0 Å². The minimum atomic E-state index is 0. The Balaban J connectivity index is 0. The van der Waals surface area contributed by atoms with Crippen molar-refractivity contribution in [1.29, 1.82) is 0 Å². The normalized spacial score (nSPS) is 9.00. The van der Waals surface area contributed by atoms with Gasteiger partial charge in [0.2, 0.25) is 0 Å². The molecule has 0 saturated heterocycles. The molecule has 0 radical (unpaired) electrons. The Hall–Kier alpha value is 1.16. The number of hydrogen-bond donors (Lipinski definition) is 0. The predicted molar refractivity (Wildman–Crippen MR) is 53.6 cm³/mol. The molecule has 0 spiro atoms. The molecule has 2 aromatic carbocycles. The van der Waals surface area contributed by atoms with Gasteiger partial charge in [0.15, 0.2) is 0 Å². The van der Waals surface area contributed by atoms with Crippen LogP contribution in [0.5, 0.6) is 0 Å². The van der Waals surface area contributed by atoms with Crippen LogP contribution < -0.4 is 48.0 Å². The van der Waals surface area contributed by atoms with Crippen LogP contribution in [-0.2, 0) is 25.8 Å². The van der Waals surface area contributed by atoms with E-state index in [2.05, 4.69) is 50.2 Å². The van der Waals surface area contributed by atoms with Gasteiger partial charge in [-0.05, 0) is 5.92 Å². The first kappa shape index (κ1) is 18.5. The first-order valence-electron chi connectivity index (χ1n) is 4.43. The molecular formula is C12H13HfI2-3. The molecule has 0 N–H and O–H groups in total. The molecule has 0 aliphatic rings. The van der Waals surface area contributed by atoms with Crippen LogP contribution in [0.4, 0.5) is 0 Å². The molecule has 0 heterocycles. The maximum Gasteiger partial charge on any atom is 0 e. The quantitative estimate of drug-likeness (QED) is 0.200. The van der Waals surface area contributed by atoms with Crippen LogP contribution in [0.15, 0.2) is 36.4 Å². The fourth-order valence-electron chi connectivity index (χ4n) is 1.51. The predicted octanol–water partition coefficient (Wildman–Crippen LogP) is -2.31. The summed E-state index contributed by atoms with van der Waals surface area (Å²) in [7, 11) is 0. The molecule has 0 unspecified atom stereocenters. The second-order valence-corrected chi connectivity index (χ2v) is 3.57. The largest absolute Gasteiger partial charge is 1.00 e. The van der Waals surface area contributed by atoms with Crippen molar-refractivity contribution in [3.05, 3.63) is 42.0 Å². The standard InChI is InChI=1S/C12H13.Hf.2HI/c1-9(2)12-7-10-5-3-4-6-11(10)8-12;;;/h3-9H,1-2H3;;2*1H/q-1;;;/p-2. The van der Waals surface area contributed by atoms with Gasteiger partial charge in [-0.25, -0.2) is 0 Å². The van der Waals surface area contributed by atoms with Crippen molar-refractivity contribution in [2.24, 2.45) is 0 Å². The van der Waals surface area contributed by atoms with Crippen molar-refractivity contribution >= 4 is 10.8 Å². The molecule has 0 aliphatic heterocycles. The van der Waals surface area contributed by atoms with Gasteiger partial charge in [-0.3, -0.25) is 0 Å². The summed E-state index contributed by atoms with van der Waals surface area (Å²) in [6, 6.07) is 13.1. The van der Waals surface area contributed by atoms with Crippen LogP contribution in [0.25, 0.3) is 10.8 Å². The van der Waals surface area contributed by atoms with Gasteiger partial charge in [0.05, 0.1) is 0 Å². The SMILES string of the molecule is CC(C)c1cc2ccccc2[cH-]1.[Hf].[I-].[I-]. The Bertz CT molecular complexity index is 360. The maximum atomic E-state index is 2.28. The molecule has 0 aliphatic carbocycles. The molecule has 0 amide bonds. The van der Waals surface area contributed by atoms with E-state index in [0.717, 1.165) is 0 Å². The van der Waals surface area contributed by atoms with E-state index in [1.165, 1.54) is 16.3 Å². The zero-order chi connectivity index (χ0) is 8.55.